The second kappa shape index (κ2) is 7.88. The Balaban J connectivity index is 1.24. The number of hydrogen-bond acceptors (Lipinski definition) is 5. The summed E-state index contributed by atoms with van der Waals surface area (Å²) in [5, 5.41) is 3.99. The van der Waals surface area contributed by atoms with Crippen LogP contribution in [0.15, 0.2) is 85.6 Å². The second-order valence-corrected chi connectivity index (χ2v) is 7.89. The molecule has 0 atom stereocenters. The third-order valence-electron chi connectivity index (χ3n) is 4.68. The van der Waals surface area contributed by atoms with E-state index in [1.165, 1.54) is 4.70 Å². The number of carbonyl (C=O) groups excluding carboxylic acids is 1. The number of aromatic nitrogens is 4. The van der Waals surface area contributed by atoms with E-state index < -0.39 is 0 Å². The van der Waals surface area contributed by atoms with Crippen molar-refractivity contribution in [3.05, 3.63) is 102 Å². The molecule has 2 aromatic carbocycles. The lowest BCUT2D eigenvalue weighted by Crippen LogP contribution is -2.12. The maximum Gasteiger partial charge on any atom is 0.257 e. The van der Waals surface area contributed by atoms with Gasteiger partial charge in [0.15, 0.2) is 0 Å². The second-order valence-electron chi connectivity index (χ2n) is 6.78. The Morgan fingerprint density at radius 3 is 2.63 bits per heavy atom. The fourth-order valence-electron chi connectivity index (χ4n) is 3.15. The van der Waals surface area contributed by atoms with Gasteiger partial charge in [0.2, 0.25) is 0 Å². The first-order valence-electron chi connectivity index (χ1n) is 9.44. The number of imidazole rings is 1. The Morgan fingerprint density at radius 2 is 1.90 bits per heavy atom. The summed E-state index contributed by atoms with van der Waals surface area (Å²) in [7, 11) is 0. The summed E-state index contributed by atoms with van der Waals surface area (Å²) in [5.41, 5.74) is 3.43. The van der Waals surface area contributed by atoms with Crippen molar-refractivity contribution in [3.8, 4) is 5.82 Å². The summed E-state index contributed by atoms with van der Waals surface area (Å²) in [6.45, 7) is 0. The van der Waals surface area contributed by atoms with Gasteiger partial charge in [-0.25, -0.2) is 15.0 Å². The highest BCUT2D eigenvalue weighted by Crippen LogP contribution is 2.24. The van der Waals surface area contributed by atoms with Crippen LogP contribution in [0.25, 0.3) is 16.0 Å². The van der Waals surface area contributed by atoms with Gasteiger partial charge in [-0.1, -0.05) is 24.3 Å². The van der Waals surface area contributed by atoms with Crippen molar-refractivity contribution in [2.75, 3.05) is 5.32 Å². The summed E-state index contributed by atoms with van der Waals surface area (Å²) in [6.07, 6.45) is 7.48. The molecule has 6 nitrogen and oxygen atoms in total. The molecule has 1 amide bonds. The lowest BCUT2D eigenvalue weighted by molar-refractivity contribution is 0.102. The van der Waals surface area contributed by atoms with E-state index in [0.717, 1.165) is 28.2 Å². The van der Waals surface area contributed by atoms with Gasteiger partial charge in [-0.2, -0.15) is 0 Å². The molecule has 146 valence electrons. The number of thiazole rings is 1. The van der Waals surface area contributed by atoms with Crippen LogP contribution in [0.1, 0.15) is 20.9 Å². The van der Waals surface area contributed by atoms with E-state index >= 15 is 0 Å². The predicted octanol–water partition coefficient (Wildman–Crippen LogP) is 4.72. The average Bonchev–Trinajstić information content (AvgIpc) is 3.45. The Labute approximate surface area is 176 Å². The van der Waals surface area contributed by atoms with Crippen molar-refractivity contribution in [1.82, 2.24) is 19.5 Å². The summed E-state index contributed by atoms with van der Waals surface area (Å²) < 4.78 is 2.98. The molecule has 0 saturated heterocycles. The van der Waals surface area contributed by atoms with Crippen molar-refractivity contribution in [3.63, 3.8) is 0 Å². The summed E-state index contributed by atoms with van der Waals surface area (Å²) in [4.78, 5) is 25.5. The highest BCUT2D eigenvalue weighted by atomic mass is 32.1. The van der Waals surface area contributed by atoms with Gasteiger partial charge in [0, 0.05) is 30.7 Å². The lowest BCUT2D eigenvalue weighted by atomic mass is 10.1. The number of hydrogen-bond donors (Lipinski definition) is 1. The molecule has 3 heterocycles. The number of rotatable bonds is 5. The molecule has 0 aliphatic rings. The first-order valence-corrected chi connectivity index (χ1v) is 10.3. The molecule has 0 radical (unpaired) electrons. The number of carbonyl (C=O) groups is 1. The van der Waals surface area contributed by atoms with Crippen LogP contribution in [-0.4, -0.2) is 25.4 Å². The van der Waals surface area contributed by atoms with Crippen LogP contribution in [-0.2, 0) is 6.42 Å². The van der Waals surface area contributed by atoms with Crippen LogP contribution in [0.4, 0.5) is 5.69 Å². The Morgan fingerprint density at radius 1 is 1.03 bits per heavy atom. The first kappa shape index (κ1) is 18.2. The molecule has 5 rings (SSSR count). The molecule has 0 unspecified atom stereocenters. The Bertz CT molecular complexity index is 1260. The molecule has 5 aromatic rings. The molecule has 1 N–H and O–H groups in total. The van der Waals surface area contributed by atoms with Crippen molar-refractivity contribution in [2.45, 2.75) is 6.42 Å². The zero-order valence-corrected chi connectivity index (χ0v) is 16.7. The number of nitrogens with one attached hydrogen (secondary N) is 1. The highest BCUT2D eigenvalue weighted by Gasteiger charge is 2.09. The number of para-hydroxylation sites is 1. The van der Waals surface area contributed by atoms with Gasteiger partial charge in [-0.3, -0.25) is 9.36 Å². The number of pyridine rings is 1. The van der Waals surface area contributed by atoms with Gasteiger partial charge in [0.25, 0.3) is 5.91 Å². The summed E-state index contributed by atoms with van der Waals surface area (Å²) >= 11 is 1.71. The topological polar surface area (TPSA) is 72.7 Å². The van der Waals surface area contributed by atoms with Gasteiger partial charge in [-0.05, 0) is 42.0 Å². The van der Waals surface area contributed by atoms with E-state index in [-0.39, 0.29) is 5.91 Å². The monoisotopic (exact) mass is 411 g/mol. The number of anilines is 1. The molecule has 0 aliphatic heterocycles. The molecule has 30 heavy (non-hydrogen) atoms. The number of nitrogens with zero attached hydrogens (tertiary/aromatic N) is 4. The first-order chi connectivity index (χ1) is 14.7. The molecular weight excluding hydrogens is 394 g/mol. The quantitative estimate of drug-likeness (QED) is 0.454. The van der Waals surface area contributed by atoms with Gasteiger partial charge in [0.1, 0.15) is 12.1 Å². The van der Waals surface area contributed by atoms with Gasteiger partial charge >= 0.3 is 0 Å². The van der Waals surface area contributed by atoms with Crippen molar-refractivity contribution >= 4 is 33.1 Å². The van der Waals surface area contributed by atoms with E-state index in [2.05, 4.69) is 26.3 Å². The molecule has 0 bridgehead atoms. The number of amides is 1. The Kier molecular flexibility index (Phi) is 4.78. The SMILES string of the molecule is O=C(Nc1ccc(Cc2nc3ccccc3s2)cc1)c1ccc(-n2ccnc2)nc1. The summed E-state index contributed by atoms with van der Waals surface area (Å²) in [6, 6.07) is 19.5. The van der Waals surface area contributed by atoms with Crippen molar-refractivity contribution in [2.24, 2.45) is 0 Å². The molecule has 0 spiro atoms. The van der Waals surface area contributed by atoms with Crippen LogP contribution in [0, 0.1) is 0 Å². The van der Waals surface area contributed by atoms with E-state index in [9.17, 15) is 4.79 Å². The van der Waals surface area contributed by atoms with Gasteiger partial charge in [-0.15, -0.1) is 11.3 Å². The fourth-order valence-corrected chi connectivity index (χ4v) is 4.15. The largest absolute Gasteiger partial charge is 0.322 e. The number of fused-ring (bicyclic) bond motifs is 1. The number of benzene rings is 2. The van der Waals surface area contributed by atoms with E-state index in [0.29, 0.717) is 11.4 Å². The Hall–Kier alpha value is -3.84. The molecular formula is C23H17N5OS. The van der Waals surface area contributed by atoms with Gasteiger partial charge < -0.3 is 5.32 Å². The smallest absolute Gasteiger partial charge is 0.257 e. The van der Waals surface area contributed by atoms with Crippen LogP contribution >= 0.6 is 11.3 Å². The minimum Gasteiger partial charge on any atom is -0.322 e. The van der Waals surface area contributed by atoms with Crippen molar-refractivity contribution in [1.29, 1.82) is 0 Å². The standard InChI is InChI=1S/C23H17N5OS/c29-23(17-7-10-21(25-14-17)28-12-11-24-15-28)26-18-8-5-16(6-9-18)13-22-27-19-3-1-2-4-20(19)30-22/h1-12,14-15H,13H2,(H,26,29). The fraction of sp³-hybridized carbons (Fsp3) is 0.0435. The predicted molar refractivity (Wildman–Crippen MR) is 118 cm³/mol. The van der Waals surface area contributed by atoms with Crippen molar-refractivity contribution < 1.29 is 4.79 Å². The minimum atomic E-state index is -0.196. The van der Waals surface area contributed by atoms with E-state index in [1.807, 2.05) is 42.5 Å². The highest BCUT2D eigenvalue weighted by molar-refractivity contribution is 7.18. The maximum absolute atomic E-state index is 12.5. The third-order valence-corrected chi connectivity index (χ3v) is 5.72. The van der Waals surface area contributed by atoms with Crippen LogP contribution < -0.4 is 5.32 Å². The third kappa shape index (κ3) is 3.83. The molecule has 3 aromatic heterocycles. The molecule has 7 heteroatoms. The van der Waals surface area contributed by atoms with E-state index in [4.69, 9.17) is 0 Å². The minimum absolute atomic E-state index is 0.196. The van der Waals surface area contributed by atoms with Crippen LogP contribution in [0.5, 0.6) is 0 Å². The molecule has 0 fully saturated rings. The van der Waals surface area contributed by atoms with E-state index in [1.54, 1.807) is 53.0 Å². The zero-order valence-electron chi connectivity index (χ0n) is 15.9. The summed E-state index contributed by atoms with van der Waals surface area (Å²) in [5.74, 6) is 0.516. The average molecular weight is 411 g/mol. The van der Waals surface area contributed by atoms with Crippen LogP contribution in [0.2, 0.25) is 0 Å². The molecule has 0 saturated carbocycles. The molecule has 0 aliphatic carbocycles. The lowest BCUT2D eigenvalue weighted by Gasteiger charge is -2.07. The van der Waals surface area contributed by atoms with Crippen LogP contribution in [0.3, 0.4) is 0 Å². The zero-order chi connectivity index (χ0) is 20.3. The van der Waals surface area contributed by atoms with Gasteiger partial charge in [0.05, 0.1) is 20.8 Å². The maximum atomic E-state index is 12.5. The normalized spacial score (nSPS) is 10.9.